The van der Waals surface area contributed by atoms with Crippen LogP contribution in [0, 0.1) is 11.7 Å². The topological polar surface area (TPSA) is 52.1 Å². The number of rotatable bonds is 9. The first-order valence-corrected chi connectivity index (χ1v) is 11.8. The minimum absolute atomic E-state index is 0. The number of hydrogen-bond acceptors (Lipinski definition) is 4. The van der Waals surface area contributed by atoms with Crippen LogP contribution in [-0.2, 0) is 11.3 Å². The quantitative estimate of drug-likeness (QED) is 0.210. The maximum Gasteiger partial charge on any atom is 0.191 e. The Hall–Kier alpha value is -0.970. The fourth-order valence-electron chi connectivity index (χ4n) is 4.58. The smallest absolute Gasteiger partial charge is 0.191 e. The van der Waals surface area contributed by atoms with E-state index in [9.17, 15) is 4.39 Å². The third-order valence-corrected chi connectivity index (χ3v) is 6.59. The van der Waals surface area contributed by atoms with Crippen molar-refractivity contribution in [2.45, 2.75) is 44.7 Å². The number of nitrogens with zero attached hydrogens (tertiary/aromatic N) is 3. The fraction of sp³-hybridized carbons (Fsp3) is 0.708. The lowest BCUT2D eigenvalue weighted by Gasteiger charge is -2.34. The molecule has 2 aliphatic heterocycles. The number of nitrogens with one attached hydrogen (secondary N) is 2. The van der Waals surface area contributed by atoms with Crippen molar-refractivity contribution in [2.75, 3.05) is 60.0 Å². The largest absolute Gasteiger partial charge is 0.385 e. The lowest BCUT2D eigenvalue weighted by atomic mass is 9.96. The predicted octanol–water partition coefficient (Wildman–Crippen LogP) is 3.32. The molecular weight excluding hydrogens is 520 g/mol. The van der Waals surface area contributed by atoms with Crippen LogP contribution in [0.2, 0.25) is 0 Å². The Morgan fingerprint density at radius 2 is 1.78 bits per heavy atom. The van der Waals surface area contributed by atoms with Gasteiger partial charge in [0, 0.05) is 65.1 Å². The molecule has 2 aliphatic rings. The number of guanidine groups is 1. The number of ether oxygens (including phenoxy) is 1. The van der Waals surface area contributed by atoms with Gasteiger partial charge >= 0.3 is 0 Å². The Kier molecular flexibility index (Phi) is 12.8. The molecule has 8 heteroatoms. The number of benzene rings is 1. The van der Waals surface area contributed by atoms with Crippen molar-refractivity contribution in [3.05, 3.63) is 35.6 Å². The number of hydrogen-bond donors (Lipinski definition) is 2. The van der Waals surface area contributed by atoms with Crippen LogP contribution in [0.5, 0.6) is 0 Å². The van der Waals surface area contributed by atoms with Gasteiger partial charge in [0.25, 0.3) is 0 Å². The monoisotopic (exact) mass is 561 g/mol. The van der Waals surface area contributed by atoms with E-state index < -0.39 is 0 Å². The van der Waals surface area contributed by atoms with Gasteiger partial charge in [-0.3, -0.25) is 9.89 Å². The van der Waals surface area contributed by atoms with E-state index in [0.29, 0.717) is 18.5 Å². The van der Waals surface area contributed by atoms with Crippen LogP contribution in [0.25, 0.3) is 0 Å². The average Bonchev–Trinajstić information content (AvgIpc) is 2.80. The van der Waals surface area contributed by atoms with Crippen LogP contribution in [0.15, 0.2) is 29.3 Å². The lowest BCUT2D eigenvalue weighted by Crippen LogP contribution is -2.50. The highest BCUT2D eigenvalue weighted by Gasteiger charge is 2.22. The third kappa shape index (κ3) is 9.11. The van der Waals surface area contributed by atoms with Gasteiger partial charge in [-0.2, -0.15) is 0 Å². The number of methoxy groups -OCH3 is 1. The lowest BCUT2D eigenvalue weighted by molar-refractivity contribution is 0.155. The summed E-state index contributed by atoms with van der Waals surface area (Å²) in [7, 11) is 3.62. The average molecular weight is 562 g/mol. The summed E-state index contributed by atoms with van der Waals surface area (Å²) in [5, 5.41) is 7.16. The third-order valence-electron chi connectivity index (χ3n) is 6.59. The minimum atomic E-state index is -0.0954. The predicted molar refractivity (Wildman–Crippen MR) is 140 cm³/mol. The maximum atomic E-state index is 13.9. The SMILES string of the molecule is CN=C(NCC1CCN(Cc2ccccc2F)CC1)NC1CCN(CCCOC)CC1.I. The van der Waals surface area contributed by atoms with Gasteiger partial charge < -0.3 is 20.3 Å². The maximum absolute atomic E-state index is 13.9. The Morgan fingerprint density at radius 1 is 1.09 bits per heavy atom. The Labute approximate surface area is 210 Å². The number of aliphatic imine (C=N–C) groups is 1. The van der Waals surface area contributed by atoms with E-state index in [2.05, 4.69) is 25.4 Å². The van der Waals surface area contributed by atoms with Gasteiger partial charge in [0.15, 0.2) is 5.96 Å². The molecule has 32 heavy (non-hydrogen) atoms. The van der Waals surface area contributed by atoms with Crippen molar-refractivity contribution >= 4 is 29.9 Å². The van der Waals surface area contributed by atoms with Crippen molar-refractivity contribution in [1.29, 1.82) is 0 Å². The molecule has 0 saturated carbocycles. The van der Waals surface area contributed by atoms with Crippen LogP contribution in [0.3, 0.4) is 0 Å². The van der Waals surface area contributed by atoms with Gasteiger partial charge in [0.05, 0.1) is 0 Å². The molecule has 2 heterocycles. The number of piperidine rings is 2. The van der Waals surface area contributed by atoms with Crippen molar-refractivity contribution in [3.63, 3.8) is 0 Å². The zero-order valence-electron chi connectivity index (χ0n) is 19.7. The molecule has 0 atom stereocenters. The van der Waals surface area contributed by atoms with E-state index in [1.807, 2.05) is 19.2 Å². The summed E-state index contributed by atoms with van der Waals surface area (Å²) in [5.41, 5.74) is 0.799. The van der Waals surface area contributed by atoms with Crippen molar-refractivity contribution in [2.24, 2.45) is 10.9 Å². The van der Waals surface area contributed by atoms with Crippen molar-refractivity contribution in [3.8, 4) is 0 Å². The van der Waals surface area contributed by atoms with E-state index in [1.54, 1.807) is 19.2 Å². The first kappa shape index (κ1) is 27.3. The highest BCUT2D eigenvalue weighted by atomic mass is 127. The normalized spacial score (nSPS) is 19.5. The summed E-state index contributed by atoms with van der Waals surface area (Å²) in [4.78, 5) is 9.33. The molecule has 0 radical (unpaired) electrons. The van der Waals surface area contributed by atoms with Crippen LogP contribution in [-0.4, -0.2) is 81.8 Å². The molecule has 2 saturated heterocycles. The van der Waals surface area contributed by atoms with E-state index in [0.717, 1.165) is 89.5 Å². The van der Waals surface area contributed by atoms with Gasteiger partial charge in [-0.15, -0.1) is 24.0 Å². The van der Waals surface area contributed by atoms with Gasteiger partial charge in [0.2, 0.25) is 0 Å². The van der Waals surface area contributed by atoms with Gasteiger partial charge in [-0.05, 0) is 57.2 Å². The summed E-state index contributed by atoms with van der Waals surface area (Å²) >= 11 is 0. The summed E-state index contributed by atoms with van der Waals surface area (Å²) in [6, 6.07) is 7.61. The minimum Gasteiger partial charge on any atom is -0.385 e. The fourth-order valence-corrected chi connectivity index (χ4v) is 4.58. The van der Waals surface area contributed by atoms with Crippen molar-refractivity contribution < 1.29 is 9.13 Å². The standard InChI is InChI=1S/C24H40FN5O.HI/c1-26-24(28-22-10-15-29(16-11-22)12-5-17-31-2)27-18-20-8-13-30(14-9-20)19-21-6-3-4-7-23(21)25;/h3-4,6-7,20,22H,5,8-19H2,1-2H3,(H2,26,27,28);1H. The summed E-state index contributed by atoms with van der Waals surface area (Å²) in [6.07, 6.45) is 5.69. The molecule has 182 valence electrons. The zero-order chi connectivity index (χ0) is 21.9. The summed E-state index contributed by atoms with van der Waals surface area (Å²) < 4.78 is 19.0. The highest BCUT2D eigenvalue weighted by Crippen LogP contribution is 2.19. The van der Waals surface area contributed by atoms with Crippen LogP contribution in [0.1, 0.15) is 37.7 Å². The molecule has 0 unspecified atom stereocenters. The van der Waals surface area contributed by atoms with Crippen LogP contribution in [0.4, 0.5) is 4.39 Å². The first-order valence-electron chi connectivity index (χ1n) is 11.8. The van der Waals surface area contributed by atoms with Gasteiger partial charge in [-0.1, -0.05) is 18.2 Å². The molecule has 0 amide bonds. The van der Waals surface area contributed by atoms with E-state index in [1.165, 1.54) is 0 Å². The molecule has 3 rings (SSSR count). The molecule has 6 nitrogen and oxygen atoms in total. The Balaban J connectivity index is 0.00000363. The molecule has 1 aromatic carbocycles. The first-order chi connectivity index (χ1) is 15.2. The van der Waals surface area contributed by atoms with E-state index >= 15 is 0 Å². The Morgan fingerprint density at radius 3 is 2.44 bits per heavy atom. The molecule has 0 aromatic heterocycles. The van der Waals surface area contributed by atoms with Gasteiger partial charge in [-0.25, -0.2) is 4.39 Å². The van der Waals surface area contributed by atoms with Crippen molar-refractivity contribution in [1.82, 2.24) is 20.4 Å². The molecule has 2 fully saturated rings. The molecule has 0 bridgehead atoms. The van der Waals surface area contributed by atoms with Gasteiger partial charge in [0.1, 0.15) is 5.82 Å². The zero-order valence-corrected chi connectivity index (χ0v) is 22.0. The molecule has 0 spiro atoms. The van der Waals surface area contributed by atoms with Crippen LogP contribution >= 0.6 is 24.0 Å². The second-order valence-corrected chi connectivity index (χ2v) is 8.87. The molecule has 2 N–H and O–H groups in total. The summed E-state index contributed by atoms with van der Waals surface area (Å²) in [6.45, 7) is 7.95. The number of halogens is 2. The Bertz CT molecular complexity index is 676. The number of likely N-dealkylation sites (tertiary alicyclic amines) is 2. The van der Waals surface area contributed by atoms with Crippen LogP contribution < -0.4 is 10.6 Å². The molecule has 1 aromatic rings. The second kappa shape index (κ2) is 15.0. The van der Waals surface area contributed by atoms with E-state index in [4.69, 9.17) is 4.74 Å². The van der Waals surface area contributed by atoms with E-state index in [-0.39, 0.29) is 29.8 Å². The molecule has 0 aliphatic carbocycles. The molecular formula is C24H41FIN5O. The summed E-state index contributed by atoms with van der Waals surface area (Å²) in [5.74, 6) is 1.46. The second-order valence-electron chi connectivity index (χ2n) is 8.87. The highest BCUT2D eigenvalue weighted by molar-refractivity contribution is 14.0.